The summed E-state index contributed by atoms with van der Waals surface area (Å²) in [6.07, 6.45) is 3.68. The molecule has 1 fully saturated rings. The minimum atomic E-state index is -4.37. The maximum Gasteiger partial charge on any atom is 0.261 e. The number of aromatic nitrogens is 3. The highest BCUT2D eigenvalue weighted by molar-refractivity contribution is 7.89. The monoisotopic (exact) mass is 711 g/mol. The molecule has 2 atom stereocenters. The second-order valence-electron chi connectivity index (χ2n) is 12.9. The van der Waals surface area contributed by atoms with Crippen molar-refractivity contribution >= 4 is 62.5 Å². The fourth-order valence-electron chi connectivity index (χ4n) is 6.31. The van der Waals surface area contributed by atoms with Crippen molar-refractivity contribution in [3.05, 3.63) is 82.6 Å². The number of imidazole rings is 1. The Morgan fingerprint density at radius 2 is 1.81 bits per heavy atom. The molecule has 15 heteroatoms. The molecule has 2 aliphatic heterocycles. The zero-order valence-electron chi connectivity index (χ0n) is 26.5. The topological polar surface area (TPSA) is 164 Å². The van der Waals surface area contributed by atoms with Gasteiger partial charge in [-0.3, -0.25) is 14.2 Å². The third-order valence-corrected chi connectivity index (χ3v) is 10.9. The summed E-state index contributed by atoms with van der Waals surface area (Å²) < 4.78 is 31.5. The number of nitrogen functional groups attached to an aromatic ring is 1. The maximum atomic E-state index is 14.5. The number of fused-ring (bicyclic) bond motifs is 1. The van der Waals surface area contributed by atoms with Gasteiger partial charge in [0.15, 0.2) is 5.03 Å². The van der Waals surface area contributed by atoms with E-state index in [1.165, 1.54) is 21.7 Å². The summed E-state index contributed by atoms with van der Waals surface area (Å²) in [4.78, 5) is 37.6. The van der Waals surface area contributed by atoms with E-state index in [0.717, 1.165) is 21.0 Å². The minimum Gasteiger partial charge on any atom is -0.389 e. The van der Waals surface area contributed by atoms with Gasteiger partial charge in [-0.15, -0.1) is 0 Å². The summed E-state index contributed by atoms with van der Waals surface area (Å²) in [6, 6.07) is 14.7. The number of hydrogen-bond acceptors (Lipinski definition) is 8. The van der Waals surface area contributed by atoms with Gasteiger partial charge in [-0.2, -0.15) is 4.31 Å². The van der Waals surface area contributed by atoms with E-state index < -0.39 is 39.0 Å². The zero-order valence-corrected chi connectivity index (χ0v) is 28.8. The first-order valence-corrected chi connectivity index (χ1v) is 17.5. The minimum absolute atomic E-state index is 0.0474. The maximum absolute atomic E-state index is 14.5. The van der Waals surface area contributed by atoms with Crippen molar-refractivity contribution in [1.82, 2.24) is 24.2 Å². The van der Waals surface area contributed by atoms with E-state index in [0.29, 0.717) is 24.3 Å². The predicted molar refractivity (Wildman–Crippen MR) is 183 cm³/mol. The van der Waals surface area contributed by atoms with Crippen LogP contribution in [0.5, 0.6) is 0 Å². The lowest BCUT2D eigenvalue weighted by atomic mass is 9.91. The number of carbonyl (C=O) groups is 2. The van der Waals surface area contributed by atoms with Gasteiger partial charge >= 0.3 is 0 Å². The van der Waals surface area contributed by atoms with Crippen LogP contribution in [-0.2, 0) is 31.6 Å². The number of hydrogen-bond donors (Lipinski definition) is 3. The molecule has 2 aliphatic rings. The first-order valence-electron chi connectivity index (χ1n) is 15.3. The molecule has 252 valence electrons. The standard InChI is InChI=1S/C33H35Cl2N7O5S/c1-32(2,45)19-39-29(43)26-7-5-13-40(26)48(46,47)27-18-38-31-41(24-15-22(34)14-23(35)16-24)30(44)33(3,42(27)31)17-20-8-10-21(11-9-20)25-6-4-12-37-28(25)36/h4,6,8-12,14-16,18,26,45H,5,7,13,17,19H2,1-3H3,(H2,36,37)(H,39,43)/t26-,33+/m0/s1. The molecule has 0 aliphatic carbocycles. The second-order valence-corrected chi connectivity index (χ2v) is 15.6. The number of halogens is 2. The SMILES string of the molecule is CC(C)(O)CNC(=O)[C@@H]1CCCN1S(=O)(=O)c1cnc2n1[C@](C)(Cc1ccc(-c3cccnc3N)cc1)C(=O)N2c1cc(Cl)cc(Cl)c1. The van der Waals surface area contributed by atoms with Crippen molar-refractivity contribution in [2.45, 2.75) is 62.2 Å². The molecule has 6 rings (SSSR count). The summed E-state index contributed by atoms with van der Waals surface area (Å²) in [6.45, 7) is 4.81. The van der Waals surface area contributed by atoms with Gasteiger partial charge in [-0.25, -0.2) is 23.3 Å². The second kappa shape index (κ2) is 12.5. The third kappa shape index (κ3) is 6.16. The Morgan fingerprint density at radius 1 is 1.12 bits per heavy atom. The average Bonchev–Trinajstić information content (AvgIpc) is 3.73. The van der Waals surface area contributed by atoms with Gasteiger partial charge in [-0.05, 0) is 75.1 Å². The summed E-state index contributed by atoms with van der Waals surface area (Å²) >= 11 is 12.6. The van der Waals surface area contributed by atoms with Crippen LogP contribution >= 0.6 is 23.2 Å². The van der Waals surface area contributed by atoms with Crippen LogP contribution in [-0.4, -0.2) is 68.9 Å². The van der Waals surface area contributed by atoms with E-state index in [2.05, 4.69) is 15.3 Å². The Balaban J connectivity index is 1.42. The van der Waals surface area contributed by atoms with Gasteiger partial charge in [0.2, 0.25) is 11.9 Å². The molecular weight excluding hydrogens is 677 g/mol. The molecule has 2 aromatic carbocycles. The van der Waals surface area contributed by atoms with Gasteiger partial charge in [0.05, 0.1) is 17.5 Å². The van der Waals surface area contributed by atoms with Crippen molar-refractivity contribution in [3.63, 3.8) is 0 Å². The molecular formula is C33H35Cl2N7O5S. The molecule has 0 bridgehead atoms. The molecule has 4 heterocycles. The van der Waals surface area contributed by atoms with Crippen LogP contribution in [0.3, 0.4) is 0 Å². The van der Waals surface area contributed by atoms with Crippen molar-refractivity contribution < 1.29 is 23.1 Å². The summed E-state index contributed by atoms with van der Waals surface area (Å²) in [5.41, 5.74) is 6.08. The van der Waals surface area contributed by atoms with E-state index in [4.69, 9.17) is 28.9 Å². The fourth-order valence-corrected chi connectivity index (χ4v) is 8.67. The van der Waals surface area contributed by atoms with Crippen molar-refractivity contribution in [1.29, 1.82) is 0 Å². The lowest BCUT2D eigenvalue weighted by Gasteiger charge is -2.29. The lowest BCUT2D eigenvalue weighted by Crippen LogP contribution is -2.49. The Labute approximate surface area is 288 Å². The third-order valence-electron chi connectivity index (χ3n) is 8.60. The summed E-state index contributed by atoms with van der Waals surface area (Å²) in [5, 5.41) is 13.1. The highest BCUT2D eigenvalue weighted by atomic mass is 35.5. The Bertz CT molecular complexity index is 1990. The molecule has 1 saturated heterocycles. The molecule has 0 radical (unpaired) electrons. The number of nitrogens with one attached hydrogen (secondary N) is 1. The molecule has 2 amide bonds. The molecule has 0 saturated carbocycles. The number of nitrogens with zero attached hydrogens (tertiary/aromatic N) is 5. The molecule has 4 aromatic rings. The first kappa shape index (κ1) is 33.9. The number of sulfonamides is 1. The molecule has 0 spiro atoms. The van der Waals surface area contributed by atoms with Crippen LogP contribution in [0.15, 0.2) is 72.0 Å². The Hall–Kier alpha value is -4.01. The number of nitrogens with two attached hydrogens (primary N) is 1. The Morgan fingerprint density at radius 3 is 2.46 bits per heavy atom. The van der Waals surface area contributed by atoms with Crippen molar-refractivity contribution in [2.75, 3.05) is 23.7 Å². The van der Waals surface area contributed by atoms with Gasteiger partial charge in [0.1, 0.15) is 17.4 Å². The number of rotatable bonds is 9. The van der Waals surface area contributed by atoms with E-state index in [-0.39, 0.29) is 40.5 Å². The first-order chi connectivity index (χ1) is 22.6. The quantitative estimate of drug-likeness (QED) is 0.228. The summed E-state index contributed by atoms with van der Waals surface area (Å²) in [5.74, 6) is -0.503. The normalized spacial score (nSPS) is 19.9. The van der Waals surface area contributed by atoms with E-state index in [1.54, 1.807) is 45.2 Å². The lowest BCUT2D eigenvalue weighted by molar-refractivity contribution is -0.125. The number of amides is 2. The van der Waals surface area contributed by atoms with Crippen LogP contribution in [0.2, 0.25) is 10.0 Å². The fraction of sp³-hybridized carbons (Fsp3) is 0.333. The Kier molecular flexibility index (Phi) is 8.79. The van der Waals surface area contributed by atoms with Gasteiger partial charge in [0.25, 0.3) is 15.9 Å². The average molecular weight is 713 g/mol. The molecule has 2 aromatic heterocycles. The van der Waals surface area contributed by atoms with Crippen LogP contribution < -0.4 is 16.0 Å². The van der Waals surface area contributed by atoms with E-state index >= 15 is 0 Å². The predicted octanol–water partition coefficient (Wildman–Crippen LogP) is 4.51. The van der Waals surface area contributed by atoms with Crippen LogP contribution in [0.1, 0.15) is 39.2 Å². The molecule has 4 N–H and O–H groups in total. The van der Waals surface area contributed by atoms with Crippen LogP contribution in [0.4, 0.5) is 17.5 Å². The summed E-state index contributed by atoms with van der Waals surface area (Å²) in [7, 11) is -4.37. The van der Waals surface area contributed by atoms with E-state index in [1.807, 2.05) is 30.3 Å². The zero-order chi connectivity index (χ0) is 34.6. The van der Waals surface area contributed by atoms with Crippen LogP contribution in [0.25, 0.3) is 11.1 Å². The van der Waals surface area contributed by atoms with Gasteiger partial charge in [-0.1, -0.05) is 47.5 Å². The highest BCUT2D eigenvalue weighted by Crippen LogP contribution is 2.45. The molecule has 12 nitrogen and oxygen atoms in total. The smallest absolute Gasteiger partial charge is 0.261 e. The number of pyridine rings is 1. The number of benzene rings is 2. The van der Waals surface area contributed by atoms with Crippen LogP contribution in [0, 0.1) is 0 Å². The van der Waals surface area contributed by atoms with Gasteiger partial charge in [0, 0.05) is 41.3 Å². The van der Waals surface area contributed by atoms with Crippen molar-refractivity contribution in [2.24, 2.45) is 0 Å². The number of carbonyl (C=O) groups excluding carboxylic acids is 2. The number of anilines is 3. The number of aliphatic hydroxyl groups is 1. The molecule has 48 heavy (non-hydrogen) atoms. The van der Waals surface area contributed by atoms with Crippen molar-refractivity contribution in [3.8, 4) is 11.1 Å². The van der Waals surface area contributed by atoms with E-state index in [9.17, 15) is 23.1 Å². The largest absolute Gasteiger partial charge is 0.389 e. The van der Waals surface area contributed by atoms with Gasteiger partial charge < -0.3 is 16.2 Å². The highest BCUT2D eigenvalue weighted by Gasteiger charge is 2.53. The molecule has 0 unspecified atom stereocenters.